The van der Waals surface area contributed by atoms with E-state index in [1.807, 2.05) is 12.1 Å². The molecule has 0 saturated heterocycles. The van der Waals surface area contributed by atoms with Gasteiger partial charge in [-0.2, -0.15) is 0 Å². The van der Waals surface area contributed by atoms with Crippen molar-refractivity contribution in [3.05, 3.63) is 95.1 Å². The molecule has 160 valence electrons. The van der Waals surface area contributed by atoms with Crippen molar-refractivity contribution in [2.75, 3.05) is 33.4 Å². The van der Waals surface area contributed by atoms with Crippen molar-refractivity contribution >= 4 is 11.1 Å². The highest BCUT2D eigenvalue weighted by molar-refractivity contribution is 6.03. The highest BCUT2D eigenvalue weighted by atomic mass is 16.5. The van der Waals surface area contributed by atoms with Crippen LogP contribution < -0.4 is 9.47 Å². The van der Waals surface area contributed by atoms with Crippen LogP contribution in [-0.2, 0) is 6.42 Å². The summed E-state index contributed by atoms with van der Waals surface area (Å²) in [5.41, 5.74) is 7.85. The van der Waals surface area contributed by atoms with Crippen LogP contribution in [0.25, 0.3) is 11.1 Å². The molecule has 0 aliphatic heterocycles. The average molecular weight is 414 g/mol. The lowest BCUT2D eigenvalue weighted by Crippen LogP contribution is -2.27. The van der Waals surface area contributed by atoms with E-state index in [0.717, 1.165) is 37.6 Å². The number of likely N-dealkylation sites (N-methyl/N-ethyl adjacent to an activating group) is 1. The van der Waals surface area contributed by atoms with Gasteiger partial charge in [0.1, 0.15) is 18.1 Å². The topological polar surface area (TPSA) is 21.7 Å². The van der Waals surface area contributed by atoms with Crippen molar-refractivity contribution in [1.82, 2.24) is 4.90 Å². The number of benzene rings is 3. The molecule has 0 radical (unpaired) electrons. The Balaban J connectivity index is 1.60. The Morgan fingerprint density at radius 2 is 1.42 bits per heavy atom. The third-order valence-corrected chi connectivity index (χ3v) is 6.11. The van der Waals surface area contributed by atoms with E-state index in [-0.39, 0.29) is 0 Å². The fourth-order valence-corrected chi connectivity index (χ4v) is 4.28. The number of methoxy groups -OCH3 is 1. The van der Waals surface area contributed by atoms with Crippen LogP contribution in [0.2, 0.25) is 0 Å². The van der Waals surface area contributed by atoms with Crippen LogP contribution >= 0.6 is 0 Å². The van der Waals surface area contributed by atoms with E-state index in [2.05, 4.69) is 79.4 Å². The summed E-state index contributed by atoms with van der Waals surface area (Å²) in [7, 11) is 1.70. The highest BCUT2D eigenvalue weighted by Crippen LogP contribution is 2.42. The molecule has 3 aromatic carbocycles. The molecule has 0 amide bonds. The molecule has 0 fully saturated rings. The lowest BCUT2D eigenvalue weighted by Gasteiger charge is -2.18. The van der Waals surface area contributed by atoms with Crippen molar-refractivity contribution in [2.45, 2.75) is 20.3 Å². The van der Waals surface area contributed by atoms with Crippen LogP contribution in [0.1, 0.15) is 36.1 Å². The first-order chi connectivity index (χ1) is 15.2. The second-order valence-electron chi connectivity index (χ2n) is 7.82. The largest absolute Gasteiger partial charge is 0.497 e. The molecule has 3 heteroatoms. The van der Waals surface area contributed by atoms with E-state index in [4.69, 9.17) is 9.47 Å². The lowest BCUT2D eigenvalue weighted by atomic mass is 9.94. The fourth-order valence-electron chi connectivity index (χ4n) is 4.28. The van der Waals surface area contributed by atoms with Gasteiger partial charge in [0.2, 0.25) is 0 Å². The molecule has 0 N–H and O–H groups in total. The van der Waals surface area contributed by atoms with Gasteiger partial charge in [0, 0.05) is 6.54 Å². The smallest absolute Gasteiger partial charge is 0.119 e. The number of nitrogens with zero attached hydrogens (tertiary/aromatic N) is 1. The van der Waals surface area contributed by atoms with Gasteiger partial charge in [-0.1, -0.05) is 62.4 Å². The minimum Gasteiger partial charge on any atom is -0.497 e. The van der Waals surface area contributed by atoms with E-state index in [1.54, 1.807) is 7.11 Å². The number of hydrogen-bond acceptors (Lipinski definition) is 3. The Bertz CT molecular complexity index is 1030. The van der Waals surface area contributed by atoms with E-state index >= 15 is 0 Å². The number of hydrogen-bond donors (Lipinski definition) is 0. The predicted octanol–water partition coefficient (Wildman–Crippen LogP) is 5.93. The zero-order valence-corrected chi connectivity index (χ0v) is 18.7. The average Bonchev–Trinajstić information content (AvgIpc) is 3.22. The van der Waals surface area contributed by atoms with E-state index in [1.165, 1.54) is 33.4 Å². The molecule has 3 nitrogen and oxygen atoms in total. The highest BCUT2D eigenvalue weighted by Gasteiger charge is 2.23. The SMILES string of the molecule is CCN(CC)CCOc1ccc(C2=C(c3ccc(OC)cc3)c3ccccc3C2)cc1. The maximum absolute atomic E-state index is 5.99. The second-order valence-corrected chi connectivity index (χ2v) is 7.82. The number of rotatable bonds is 9. The molecule has 3 aromatic rings. The van der Waals surface area contributed by atoms with Gasteiger partial charge in [-0.15, -0.1) is 0 Å². The molecule has 31 heavy (non-hydrogen) atoms. The van der Waals surface area contributed by atoms with E-state index in [0.29, 0.717) is 6.61 Å². The third-order valence-electron chi connectivity index (χ3n) is 6.11. The van der Waals surface area contributed by atoms with Crippen LogP contribution in [0.5, 0.6) is 11.5 Å². The van der Waals surface area contributed by atoms with Crippen molar-refractivity contribution in [3.8, 4) is 11.5 Å². The predicted molar refractivity (Wildman–Crippen MR) is 129 cm³/mol. The Hall–Kier alpha value is -3.04. The Morgan fingerprint density at radius 1 is 0.774 bits per heavy atom. The van der Waals surface area contributed by atoms with E-state index in [9.17, 15) is 0 Å². The minimum absolute atomic E-state index is 0.715. The maximum atomic E-state index is 5.99. The first kappa shape index (κ1) is 21.2. The zero-order chi connectivity index (χ0) is 21.6. The molecule has 0 unspecified atom stereocenters. The summed E-state index contributed by atoms with van der Waals surface area (Å²) >= 11 is 0. The molecule has 0 atom stereocenters. The Morgan fingerprint density at radius 3 is 2.10 bits per heavy atom. The first-order valence-corrected chi connectivity index (χ1v) is 11.1. The standard InChI is InChI=1S/C28H31NO2/c1-4-29(5-2)18-19-31-25-16-10-21(11-17-25)27-20-23-8-6-7-9-26(23)28(27)22-12-14-24(30-3)15-13-22/h6-17H,4-5,18-20H2,1-3H3. The van der Waals surface area contributed by atoms with Gasteiger partial charge >= 0.3 is 0 Å². The van der Waals surface area contributed by atoms with Gasteiger partial charge < -0.3 is 14.4 Å². The molecule has 0 saturated carbocycles. The monoisotopic (exact) mass is 413 g/mol. The van der Waals surface area contributed by atoms with Crippen molar-refractivity contribution in [1.29, 1.82) is 0 Å². The van der Waals surface area contributed by atoms with Gasteiger partial charge in [-0.3, -0.25) is 0 Å². The summed E-state index contributed by atoms with van der Waals surface area (Å²) in [4.78, 5) is 2.37. The minimum atomic E-state index is 0.715. The van der Waals surface area contributed by atoms with Crippen molar-refractivity contribution in [2.24, 2.45) is 0 Å². The quantitative estimate of drug-likeness (QED) is 0.434. The summed E-state index contributed by atoms with van der Waals surface area (Å²) in [6.07, 6.45) is 0.944. The summed E-state index contributed by atoms with van der Waals surface area (Å²) in [5, 5.41) is 0. The third kappa shape index (κ3) is 4.67. The van der Waals surface area contributed by atoms with Crippen LogP contribution in [0, 0.1) is 0 Å². The molecule has 0 spiro atoms. The number of fused-ring (bicyclic) bond motifs is 1. The number of ether oxygens (including phenoxy) is 2. The fraction of sp³-hybridized carbons (Fsp3) is 0.286. The van der Waals surface area contributed by atoms with Gasteiger partial charge in [0.15, 0.2) is 0 Å². The summed E-state index contributed by atoms with van der Waals surface area (Å²) in [5.74, 6) is 1.81. The van der Waals surface area contributed by atoms with Gasteiger partial charge in [-0.05, 0) is 77.2 Å². The summed E-state index contributed by atoms with van der Waals surface area (Å²) in [6, 6.07) is 25.7. The maximum Gasteiger partial charge on any atom is 0.119 e. The second kappa shape index (κ2) is 9.84. The molecule has 1 aliphatic rings. The lowest BCUT2D eigenvalue weighted by molar-refractivity contribution is 0.223. The van der Waals surface area contributed by atoms with Crippen LogP contribution in [0.3, 0.4) is 0 Å². The first-order valence-electron chi connectivity index (χ1n) is 11.1. The zero-order valence-electron chi connectivity index (χ0n) is 18.7. The Kier molecular flexibility index (Phi) is 6.73. The van der Waals surface area contributed by atoms with Crippen molar-refractivity contribution in [3.63, 3.8) is 0 Å². The van der Waals surface area contributed by atoms with Gasteiger partial charge in [-0.25, -0.2) is 0 Å². The van der Waals surface area contributed by atoms with Gasteiger partial charge in [0.25, 0.3) is 0 Å². The molecule has 0 bridgehead atoms. The molecule has 0 heterocycles. The summed E-state index contributed by atoms with van der Waals surface area (Å²) < 4.78 is 11.3. The summed E-state index contributed by atoms with van der Waals surface area (Å²) in [6.45, 7) is 8.16. The van der Waals surface area contributed by atoms with Crippen LogP contribution in [0.15, 0.2) is 72.8 Å². The van der Waals surface area contributed by atoms with E-state index < -0.39 is 0 Å². The molecule has 0 aromatic heterocycles. The van der Waals surface area contributed by atoms with Crippen molar-refractivity contribution < 1.29 is 9.47 Å². The number of allylic oxidation sites excluding steroid dienone is 1. The molecular weight excluding hydrogens is 382 g/mol. The normalized spacial score (nSPS) is 12.9. The molecule has 4 rings (SSSR count). The Labute approximate surface area is 185 Å². The molecule has 1 aliphatic carbocycles. The van der Waals surface area contributed by atoms with Gasteiger partial charge in [0.05, 0.1) is 7.11 Å². The van der Waals surface area contributed by atoms with Crippen LogP contribution in [0.4, 0.5) is 0 Å². The van der Waals surface area contributed by atoms with Crippen LogP contribution in [-0.4, -0.2) is 38.3 Å². The molecular formula is C28H31NO2.